The number of urea groups is 1. The zero-order valence-electron chi connectivity index (χ0n) is 11.5. The second kappa shape index (κ2) is 5.89. The molecular weight excluding hydrogens is 299 g/mol. The molecule has 0 bridgehead atoms. The fourth-order valence-electron chi connectivity index (χ4n) is 2.37. The van der Waals surface area contributed by atoms with Crippen LogP contribution in [0.1, 0.15) is 19.8 Å². The minimum Gasteiger partial charge on any atom is -0.481 e. The van der Waals surface area contributed by atoms with Crippen LogP contribution in [0.3, 0.4) is 0 Å². The number of carbonyl (C=O) groups excluding carboxylic acids is 1. The first-order chi connectivity index (χ1) is 9.82. The number of carboxylic acid groups (broad SMARTS) is 1. The number of hydrogen-bond donors (Lipinski definition) is 2. The maximum absolute atomic E-state index is 13.6. The van der Waals surface area contributed by atoms with Crippen molar-refractivity contribution in [1.82, 2.24) is 4.90 Å². The summed E-state index contributed by atoms with van der Waals surface area (Å²) in [6.45, 7) is 2.16. The Balaban J connectivity index is 2.08. The highest BCUT2D eigenvalue weighted by molar-refractivity contribution is 6.30. The van der Waals surface area contributed by atoms with Gasteiger partial charge in [0.2, 0.25) is 0 Å². The first-order valence-corrected chi connectivity index (χ1v) is 6.94. The number of carboxylic acids is 1. The lowest BCUT2D eigenvalue weighted by atomic mass is 9.82. The Bertz CT molecular complexity index is 581. The molecule has 1 aromatic carbocycles. The molecule has 0 radical (unpaired) electrons. The number of aliphatic carboxylic acids is 1. The smallest absolute Gasteiger partial charge is 0.321 e. The third-order valence-electron chi connectivity index (χ3n) is 3.67. The SMILES string of the molecule is CC1(C(=O)O)CCCN(C(=O)Nc2ccc(Cl)cc2F)C1. The largest absolute Gasteiger partial charge is 0.481 e. The summed E-state index contributed by atoms with van der Waals surface area (Å²) >= 11 is 5.65. The number of amides is 2. The van der Waals surface area contributed by atoms with E-state index in [9.17, 15) is 19.1 Å². The van der Waals surface area contributed by atoms with Gasteiger partial charge in [-0.15, -0.1) is 0 Å². The normalized spacial score (nSPS) is 22.0. The number of piperidine rings is 1. The molecule has 0 aliphatic carbocycles. The van der Waals surface area contributed by atoms with Crippen LogP contribution in [0.4, 0.5) is 14.9 Å². The molecule has 0 aromatic heterocycles. The van der Waals surface area contributed by atoms with E-state index in [0.717, 1.165) is 6.07 Å². The molecule has 1 aromatic rings. The van der Waals surface area contributed by atoms with E-state index in [1.165, 1.54) is 17.0 Å². The molecule has 1 heterocycles. The Kier molecular flexibility index (Phi) is 4.37. The first-order valence-electron chi connectivity index (χ1n) is 6.56. The van der Waals surface area contributed by atoms with E-state index >= 15 is 0 Å². The van der Waals surface area contributed by atoms with Crippen molar-refractivity contribution in [3.05, 3.63) is 29.0 Å². The number of hydrogen-bond acceptors (Lipinski definition) is 2. The summed E-state index contributed by atoms with van der Waals surface area (Å²) in [7, 11) is 0. The lowest BCUT2D eigenvalue weighted by Gasteiger charge is -2.37. The molecule has 0 spiro atoms. The summed E-state index contributed by atoms with van der Waals surface area (Å²) in [5, 5.41) is 11.9. The second-order valence-electron chi connectivity index (χ2n) is 5.45. The topological polar surface area (TPSA) is 69.6 Å². The van der Waals surface area contributed by atoms with E-state index in [4.69, 9.17) is 11.6 Å². The summed E-state index contributed by atoms with van der Waals surface area (Å²) in [5.41, 5.74) is -0.944. The predicted molar refractivity (Wildman–Crippen MR) is 77.0 cm³/mol. The van der Waals surface area contributed by atoms with Crippen LogP contribution in [0.5, 0.6) is 0 Å². The third kappa shape index (κ3) is 3.44. The van der Waals surface area contributed by atoms with Crippen molar-refractivity contribution in [2.45, 2.75) is 19.8 Å². The lowest BCUT2D eigenvalue weighted by molar-refractivity contribution is -0.150. The number of likely N-dealkylation sites (tertiary alicyclic amines) is 1. The Morgan fingerprint density at radius 2 is 2.19 bits per heavy atom. The van der Waals surface area contributed by atoms with E-state index < -0.39 is 23.2 Å². The molecule has 1 aliphatic heterocycles. The third-order valence-corrected chi connectivity index (χ3v) is 3.91. The van der Waals surface area contributed by atoms with Crippen molar-refractivity contribution in [1.29, 1.82) is 0 Å². The summed E-state index contributed by atoms with van der Waals surface area (Å²) in [4.78, 5) is 24.8. The van der Waals surface area contributed by atoms with Gasteiger partial charge >= 0.3 is 12.0 Å². The molecule has 2 N–H and O–H groups in total. The number of anilines is 1. The van der Waals surface area contributed by atoms with Crippen molar-refractivity contribution in [2.75, 3.05) is 18.4 Å². The molecule has 21 heavy (non-hydrogen) atoms. The van der Waals surface area contributed by atoms with Crippen LogP contribution in [0.2, 0.25) is 5.02 Å². The average Bonchev–Trinajstić information content (AvgIpc) is 2.41. The number of halogens is 2. The highest BCUT2D eigenvalue weighted by atomic mass is 35.5. The summed E-state index contributed by atoms with van der Waals surface area (Å²) in [5.74, 6) is -1.56. The van der Waals surface area contributed by atoms with Crippen LogP contribution in [-0.2, 0) is 4.79 Å². The van der Waals surface area contributed by atoms with E-state index in [-0.39, 0.29) is 17.3 Å². The molecular formula is C14H16ClFN2O3. The molecule has 7 heteroatoms. The molecule has 0 saturated carbocycles. The minimum absolute atomic E-state index is 0.0204. The molecule has 1 aliphatic rings. The van der Waals surface area contributed by atoms with Gasteiger partial charge in [-0.3, -0.25) is 4.79 Å². The lowest BCUT2D eigenvalue weighted by Crippen LogP contribution is -2.49. The molecule has 1 atom stereocenters. The summed E-state index contributed by atoms with van der Waals surface area (Å²) in [6, 6.07) is 3.44. The van der Waals surface area contributed by atoms with Crippen LogP contribution in [0.25, 0.3) is 0 Å². The Hall–Kier alpha value is -1.82. The molecule has 1 saturated heterocycles. The van der Waals surface area contributed by atoms with Crippen LogP contribution in [-0.4, -0.2) is 35.1 Å². The zero-order chi connectivity index (χ0) is 15.6. The van der Waals surface area contributed by atoms with E-state index in [0.29, 0.717) is 19.4 Å². The predicted octanol–water partition coefficient (Wildman–Crippen LogP) is 3.20. The van der Waals surface area contributed by atoms with Gasteiger partial charge in [-0.25, -0.2) is 9.18 Å². The molecule has 2 rings (SSSR count). The number of carbonyl (C=O) groups is 2. The number of nitrogens with one attached hydrogen (secondary N) is 1. The van der Waals surface area contributed by atoms with Gasteiger partial charge in [0.1, 0.15) is 5.82 Å². The first kappa shape index (κ1) is 15.6. The van der Waals surface area contributed by atoms with E-state index in [1.54, 1.807) is 6.92 Å². The fourth-order valence-corrected chi connectivity index (χ4v) is 2.53. The maximum Gasteiger partial charge on any atom is 0.321 e. The summed E-state index contributed by atoms with van der Waals surface area (Å²) in [6.07, 6.45) is 1.11. The maximum atomic E-state index is 13.6. The van der Waals surface area contributed by atoms with Crippen molar-refractivity contribution < 1.29 is 19.1 Å². The van der Waals surface area contributed by atoms with Crippen LogP contribution in [0.15, 0.2) is 18.2 Å². The number of benzene rings is 1. The highest BCUT2D eigenvalue weighted by Crippen LogP contribution is 2.30. The van der Waals surface area contributed by atoms with Gasteiger partial charge in [-0.2, -0.15) is 0 Å². The van der Waals surface area contributed by atoms with Crippen molar-refractivity contribution >= 4 is 29.3 Å². The minimum atomic E-state index is -0.964. The standard InChI is InChI=1S/C14H16ClFN2O3/c1-14(12(19)20)5-2-6-18(8-14)13(21)17-11-4-3-9(15)7-10(11)16/h3-4,7H,2,5-6,8H2,1H3,(H,17,21)(H,19,20). The monoisotopic (exact) mass is 314 g/mol. The molecule has 5 nitrogen and oxygen atoms in total. The van der Waals surface area contributed by atoms with E-state index in [2.05, 4.69) is 5.32 Å². The summed E-state index contributed by atoms with van der Waals surface area (Å²) < 4.78 is 13.6. The Morgan fingerprint density at radius 1 is 1.48 bits per heavy atom. The van der Waals surface area contributed by atoms with Crippen LogP contribution < -0.4 is 5.32 Å². The van der Waals surface area contributed by atoms with Gasteiger partial charge in [-0.05, 0) is 38.0 Å². The van der Waals surface area contributed by atoms with Gasteiger partial charge < -0.3 is 15.3 Å². The van der Waals surface area contributed by atoms with Crippen molar-refractivity contribution in [3.63, 3.8) is 0 Å². The second-order valence-corrected chi connectivity index (χ2v) is 5.88. The molecule has 1 fully saturated rings. The number of rotatable bonds is 2. The Morgan fingerprint density at radius 3 is 2.81 bits per heavy atom. The van der Waals surface area contributed by atoms with Gasteiger partial charge in [0.25, 0.3) is 0 Å². The van der Waals surface area contributed by atoms with Crippen molar-refractivity contribution in [3.8, 4) is 0 Å². The van der Waals surface area contributed by atoms with Crippen LogP contribution >= 0.6 is 11.6 Å². The van der Waals surface area contributed by atoms with Crippen LogP contribution in [0, 0.1) is 11.2 Å². The molecule has 114 valence electrons. The van der Waals surface area contributed by atoms with Gasteiger partial charge in [-0.1, -0.05) is 11.6 Å². The molecule has 2 amide bonds. The van der Waals surface area contributed by atoms with Gasteiger partial charge in [0, 0.05) is 18.1 Å². The van der Waals surface area contributed by atoms with Crippen molar-refractivity contribution in [2.24, 2.45) is 5.41 Å². The zero-order valence-corrected chi connectivity index (χ0v) is 12.3. The van der Waals surface area contributed by atoms with Gasteiger partial charge in [0.15, 0.2) is 0 Å². The average molecular weight is 315 g/mol. The fraction of sp³-hybridized carbons (Fsp3) is 0.429. The number of nitrogens with zero attached hydrogens (tertiary/aromatic N) is 1. The Labute approximate surface area is 126 Å². The van der Waals surface area contributed by atoms with Gasteiger partial charge in [0.05, 0.1) is 11.1 Å². The molecule has 1 unspecified atom stereocenters. The quantitative estimate of drug-likeness (QED) is 0.880. The highest BCUT2D eigenvalue weighted by Gasteiger charge is 2.39. The van der Waals surface area contributed by atoms with E-state index in [1.807, 2.05) is 0 Å².